The zero-order valence-electron chi connectivity index (χ0n) is 26.9. The summed E-state index contributed by atoms with van der Waals surface area (Å²) in [7, 11) is 0. The molecular formula is C37H47N3O4. The molecule has 3 amide bonds. The number of imide groups is 1. The van der Waals surface area contributed by atoms with Crippen LogP contribution in [0.4, 0.5) is 4.79 Å². The van der Waals surface area contributed by atoms with Gasteiger partial charge in [0, 0.05) is 35.7 Å². The number of nitrogens with zero attached hydrogens (tertiary/aromatic N) is 2. The number of alkyl carbamates (subject to hydrolysis) is 1. The van der Waals surface area contributed by atoms with Gasteiger partial charge in [-0.05, 0) is 83.8 Å². The molecule has 3 aliphatic rings. The Bertz CT molecular complexity index is 1400. The van der Waals surface area contributed by atoms with Gasteiger partial charge in [0.05, 0.1) is 11.7 Å². The fourth-order valence-corrected chi connectivity index (χ4v) is 5.82. The van der Waals surface area contributed by atoms with Gasteiger partial charge in [0.25, 0.3) is 11.8 Å². The quantitative estimate of drug-likeness (QED) is 0.246. The Balaban J connectivity index is 1.53. The molecule has 0 bridgehead atoms. The number of ether oxygens (including phenoxy) is 1. The molecule has 1 aromatic carbocycles. The molecule has 1 heterocycles. The second kappa shape index (κ2) is 15.1. The van der Waals surface area contributed by atoms with E-state index in [0.29, 0.717) is 36.3 Å². The van der Waals surface area contributed by atoms with Crippen molar-refractivity contribution in [2.45, 2.75) is 97.6 Å². The van der Waals surface area contributed by atoms with Crippen molar-refractivity contribution in [1.82, 2.24) is 10.2 Å². The van der Waals surface area contributed by atoms with Crippen molar-refractivity contribution >= 4 is 29.3 Å². The third-order valence-corrected chi connectivity index (χ3v) is 8.09. The van der Waals surface area contributed by atoms with Gasteiger partial charge in [0.2, 0.25) is 0 Å². The molecule has 0 fully saturated rings. The van der Waals surface area contributed by atoms with Crippen molar-refractivity contribution in [1.29, 1.82) is 0 Å². The van der Waals surface area contributed by atoms with Crippen LogP contribution in [0.2, 0.25) is 0 Å². The van der Waals surface area contributed by atoms with E-state index in [4.69, 9.17) is 9.73 Å². The van der Waals surface area contributed by atoms with Crippen LogP contribution in [-0.4, -0.2) is 46.7 Å². The average Bonchev–Trinajstić information content (AvgIpc) is 3.07. The number of allylic oxidation sites excluding steroid dienone is 7. The molecule has 7 nitrogen and oxygen atoms in total. The lowest BCUT2D eigenvalue weighted by Crippen LogP contribution is -2.48. The van der Waals surface area contributed by atoms with Crippen LogP contribution in [0.15, 0.2) is 82.9 Å². The standard InChI is InChI=1S/C37H47N3O4/c1-6-27-16-12-11-15-19-33(27)39-32(7-2)28-22-20-26(21-23-28)24-29(38-36(43)44-37(3,4)5)25-40-34(41)30-17-13-9-8-10-14-18-31(30)35(40)42/h7,9,11-13,15-16,20-23,27,29H,6,8,10,14,17-19,24-25H2,1-5H3,(H,38,43)/b13-9-,32-7-,39-33?/t27?,29-/m0/s1. The van der Waals surface area contributed by atoms with Gasteiger partial charge in [-0.2, -0.15) is 0 Å². The number of carbonyl (C=O) groups excluding carboxylic acids is 3. The molecule has 7 heteroatoms. The van der Waals surface area contributed by atoms with Crippen molar-refractivity contribution in [2.24, 2.45) is 10.9 Å². The number of hydrogen-bond acceptors (Lipinski definition) is 5. The summed E-state index contributed by atoms with van der Waals surface area (Å²) in [4.78, 5) is 46.1. The predicted molar refractivity (Wildman–Crippen MR) is 177 cm³/mol. The molecule has 0 radical (unpaired) electrons. The highest BCUT2D eigenvalue weighted by Crippen LogP contribution is 2.30. The molecule has 1 aromatic rings. The fraction of sp³-hybridized carbons (Fsp3) is 0.459. The molecule has 1 N–H and O–H groups in total. The molecule has 2 atom stereocenters. The lowest BCUT2D eigenvalue weighted by molar-refractivity contribution is -0.138. The fourth-order valence-electron chi connectivity index (χ4n) is 5.82. The van der Waals surface area contributed by atoms with Gasteiger partial charge in [-0.15, -0.1) is 0 Å². The molecule has 0 aromatic heterocycles. The van der Waals surface area contributed by atoms with Gasteiger partial charge < -0.3 is 10.1 Å². The molecule has 4 rings (SSSR count). The summed E-state index contributed by atoms with van der Waals surface area (Å²) < 4.78 is 5.54. The maximum Gasteiger partial charge on any atom is 0.407 e. The summed E-state index contributed by atoms with van der Waals surface area (Å²) in [5, 5.41) is 2.94. The molecular weight excluding hydrogens is 550 g/mol. The predicted octanol–water partition coefficient (Wildman–Crippen LogP) is 7.65. The Hall–Kier alpha value is -4.00. The van der Waals surface area contributed by atoms with Crippen molar-refractivity contribution < 1.29 is 19.1 Å². The molecule has 1 unspecified atom stereocenters. The van der Waals surface area contributed by atoms with Crippen molar-refractivity contribution in [3.63, 3.8) is 0 Å². The first-order valence-electron chi connectivity index (χ1n) is 16.0. The zero-order chi connectivity index (χ0) is 31.7. The Morgan fingerprint density at radius 2 is 1.80 bits per heavy atom. The Morgan fingerprint density at radius 3 is 2.50 bits per heavy atom. The summed E-state index contributed by atoms with van der Waals surface area (Å²) in [5.41, 5.74) is 4.55. The Morgan fingerprint density at radius 1 is 1.05 bits per heavy atom. The van der Waals surface area contributed by atoms with Gasteiger partial charge in [-0.25, -0.2) is 4.79 Å². The summed E-state index contributed by atoms with van der Waals surface area (Å²) in [6.45, 7) is 9.66. The van der Waals surface area contributed by atoms with E-state index < -0.39 is 17.7 Å². The molecule has 2 aliphatic carbocycles. The van der Waals surface area contributed by atoms with Crippen molar-refractivity contribution in [3.05, 3.63) is 89.1 Å². The maximum atomic E-state index is 13.5. The van der Waals surface area contributed by atoms with Gasteiger partial charge in [0.1, 0.15) is 5.60 Å². The number of carbonyl (C=O) groups is 3. The molecule has 44 heavy (non-hydrogen) atoms. The molecule has 0 saturated heterocycles. The number of amides is 3. The minimum atomic E-state index is -0.679. The summed E-state index contributed by atoms with van der Waals surface area (Å²) in [5.74, 6) is -0.185. The van der Waals surface area contributed by atoms with Crippen LogP contribution in [0.3, 0.4) is 0 Å². The van der Waals surface area contributed by atoms with E-state index in [0.717, 1.165) is 54.6 Å². The first-order chi connectivity index (χ1) is 21.1. The monoisotopic (exact) mass is 597 g/mol. The topological polar surface area (TPSA) is 88.1 Å². The SMILES string of the molecule is C/C=C(\N=C1CC=CC=CC1CC)c1ccc(C[C@@H](CN2C(=O)C3=C(CCCC/C=C\C3)C2=O)NC(=O)OC(C)(C)C)cc1. The normalized spacial score (nSPS) is 21.8. The van der Waals surface area contributed by atoms with E-state index in [-0.39, 0.29) is 18.4 Å². The van der Waals surface area contributed by atoms with Gasteiger partial charge in [0.15, 0.2) is 0 Å². The van der Waals surface area contributed by atoms with Crippen LogP contribution in [0.1, 0.15) is 90.7 Å². The van der Waals surface area contributed by atoms with E-state index in [2.05, 4.69) is 42.6 Å². The second-order valence-corrected chi connectivity index (χ2v) is 12.7. The van der Waals surface area contributed by atoms with Crippen LogP contribution in [0, 0.1) is 5.92 Å². The largest absolute Gasteiger partial charge is 0.444 e. The van der Waals surface area contributed by atoms with Gasteiger partial charge >= 0.3 is 6.09 Å². The summed E-state index contributed by atoms with van der Waals surface area (Å²) in [6.07, 6.45) is 20.2. The second-order valence-electron chi connectivity index (χ2n) is 12.7. The zero-order valence-corrected chi connectivity index (χ0v) is 26.9. The van der Waals surface area contributed by atoms with E-state index in [9.17, 15) is 14.4 Å². The van der Waals surface area contributed by atoms with Crippen molar-refractivity contribution in [3.8, 4) is 0 Å². The number of benzene rings is 1. The third-order valence-electron chi connectivity index (χ3n) is 8.09. The maximum absolute atomic E-state index is 13.5. The van der Waals surface area contributed by atoms with Crippen molar-refractivity contribution in [2.75, 3.05) is 6.54 Å². The smallest absolute Gasteiger partial charge is 0.407 e. The number of rotatable bonds is 8. The van der Waals surface area contributed by atoms with Crippen LogP contribution in [0.25, 0.3) is 5.70 Å². The minimum absolute atomic E-state index is 0.0720. The number of aliphatic imine (C=N–C) groups is 1. The highest BCUT2D eigenvalue weighted by atomic mass is 16.6. The first kappa shape index (κ1) is 32.9. The van der Waals surface area contributed by atoms with Crippen LogP contribution >= 0.6 is 0 Å². The highest BCUT2D eigenvalue weighted by Gasteiger charge is 2.38. The molecule has 1 aliphatic heterocycles. The number of nitrogens with one attached hydrogen (secondary N) is 1. The number of hydrogen-bond donors (Lipinski definition) is 1. The van der Waals surface area contributed by atoms with Crippen LogP contribution in [-0.2, 0) is 20.7 Å². The molecule has 0 spiro atoms. The minimum Gasteiger partial charge on any atom is -0.444 e. The summed E-state index contributed by atoms with van der Waals surface area (Å²) in [6, 6.07) is 7.59. The average molecular weight is 598 g/mol. The van der Waals surface area contributed by atoms with Gasteiger partial charge in [-0.3, -0.25) is 19.5 Å². The van der Waals surface area contributed by atoms with E-state index in [1.165, 1.54) is 4.90 Å². The lowest BCUT2D eigenvalue weighted by atomic mass is 9.98. The lowest BCUT2D eigenvalue weighted by Gasteiger charge is -2.26. The van der Waals surface area contributed by atoms with E-state index in [1.807, 2.05) is 43.3 Å². The first-order valence-corrected chi connectivity index (χ1v) is 16.0. The van der Waals surface area contributed by atoms with Crippen LogP contribution < -0.4 is 5.32 Å². The Kier molecular flexibility index (Phi) is 11.3. The van der Waals surface area contributed by atoms with E-state index in [1.54, 1.807) is 20.8 Å². The Labute approximate surface area is 262 Å². The highest BCUT2D eigenvalue weighted by molar-refractivity contribution is 6.19. The third kappa shape index (κ3) is 8.77. The van der Waals surface area contributed by atoms with E-state index >= 15 is 0 Å². The molecule has 234 valence electrons. The summed E-state index contributed by atoms with van der Waals surface area (Å²) >= 11 is 0. The van der Waals surface area contributed by atoms with Crippen LogP contribution in [0.5, 0.6) is 0 Å². The molecule has 0 saturated carbocycles. The van der Waals surface area contributed by atoms with Gasteiger partial charge in [-0.1, -0.05) is 73.7 Å².